The van der Waals surface area contributed by atoms with Crippen LogP contribution in [0.2, 0.25) is 0 Å². The van der Waals surface area contributed by atoms with E-state index in [1.165, 1.54) is 19.3 Å². The van der Waals surface area contributed by atoms with Crippen LogP contribution in [-0.4, -0.2) is 16.4 Å². The van der Waals surface area contributed by atoms with E-state index in [2.05, 4.69) is 12.0 Å². The van der Waals surface area contributed by atoms with Crippen LogP contribution in [0.15, 0.2) is 0 Å². The van der Waals surface area contributed by atoms with Gasteiger partial charge in [0.25, 0.3) is 0 Å². The smallest absolute Gasteiger partial charge is 0.236 e. The Balaban J connectivity index is 1.92. The number of nitrogens with two attached hydrogens (primary N) is 1. The molecule has 2 N–H and O–H groups in total. The van der Waals surface area contributed by atoms with E-state index in [0.29, 0.717) is 5.69 Å². The summed E-state index contributed by atoms with van der Waals surface area (Å²) in [5.74, 6) is 1.64. The molecule has 4 heteroatoms. The molecule has 2 rings (SSSR count). The van der Waals surface area contributed by atoms with Gasteiger partial charge in [0.15, 0.2) is 0 Å². The van der Waals surface area contributed by atoms with Crippen LogP contribution in [0.25, 0.3) is 0 Å². The summed E-state index contributed by atoms with van der Waals surface area (Å²) in [7, 11) is 0. The molecule has 1 saturated carbocycles. The summed E-state index contributed by atoms with van der Waals surface area (Å²) in [4.78, 5) is 0. The minimum atomic E-state index is 0.701. The lowest BCUT2D eigenvalue weighted by atomic mass is 9.83. The molecule has 1 aromatic heterocycles. The molecule has 1 heterocycles. The van der Waals surface area contributed by atoms with Gasteiger partial charge in [0.2, 0.25) is 5.88 Å². The van der Waals surface area contributed by atoms with Gasteiger partial charge < -0.3 is 10.5 Å². The minimum Gasteiger partial charge on any atom is -0.476 e. The predicted molar refractivity (Wildman–Crippen MR) is 69.1 cm³/mol. The second-order valence-electron chi connectivity index (χ2n) is 4.96. The van der Waals surface area contributed by atoms with Crippen molar-refractivity contribution < 1.29 is 4.74 Å². The van der Waals surface area contributed by atoms with Crippen molar-refractivity contribution in [3.63, 3.8) is 0 Å². The number of hydrogen-bond acceptors (Lipinski definition) is 3. The lowest BCUT2D eigenvalue weighted by Crippen LogP contribution is -2.15. The third kappa shape index (κ3) is 2.73. The van der Waals surface area contributed by atoms with Gasteiger partial charge in [-0.1, -0.05) is 26.2 Å². The Labute approximate surface area is 103 Å². The molecular formula is C13H23N3O. The molecule has 0 atom stereocenters. The fourth-order valence-electron chi connectivity index (χ4n) is 2.19. The van der Waals surface area contributed by atoms with E-state index < -0.39 is 0 Å². The Morgan fingerprint density at radius 2 is 2.24 bits per heavy atom. The highest BCUT2D eigenvalue weighted by atomic mass is 16.5. The fourth-order valence-corrected chi connectivity index (χ4v) is 2.19. The first kappa shape index (κ1) is 12.3. The molecular weight excluding hydrogens is 214 g/mol. The maximum Gasteiger partial charge on any atom is 0.236 e. The third-order valence-electron chi connectivity index (χ3n) is 3.55. The van der Waals surface area contributed by atoms with E-state index in [9.17, 15) is 0 Å². The van der Waals surface area contributed by atoms with Crippen molar-refractivity contribution in [2.45, 2.75) is 52.5 Å². The SMILES string of the molecule is CCCn1nc(C)c(N)c1OCCC1CCC1. The standard InChI is InChI=1S/C13H23N3O/c1-3-8-16-13(12(14)10(2)15-16)17-9-7-11-5-4-6-11/h11H,3-9,14H2,1-2H3. The molecule has 0 aliphatic heterocycles. The van der Waals surface area contributed by atoms with E-state index in [1.807, 2.05) is 11.6 Å². The van der Waals surface area contributed by atoms with Crippen molar-refractivity contribution in [3.8, 4) is 5.88 Å². The van der Waals surface area contributed by atoms with Gasteiger partial charge >= 0.3 is 0 Å². The first-order chi connectivity index (χ1) is 8.22. The molecule has 1 aliphatic rings. The van der Waals surface area contributed by atoms with Gasteiger partial charge in [0, 0.05) is 6.54 Å². The zero-order valence-corrected chi connectivity index (χ0v) is 10.9. The quantitative estimate of drug-likeness (QED) is 0.827. The van der Waals surface area contributed by atoms with E-state index in [4.69, 9.17) is 10.5 Å². The van der Waals surface area contributed by atoms with Crippen LogP contribution in [-0.2, 0) is 6.54 Å². The summed E-state index contributed by atoms with van der Waals surface area (Å²) < 4.78 is 7.72. The average Bonchev–Trinajstić information content (AvgIpc) is 2.49. The highest BCUT2D eigenvalue weighted by Crippen LogP contribution is 2.30. The molecule has 1 aliphatic carbocycles. The van der Waals surface area contributed by atoms with E-state index in [-0.39, 0.29) is 0 Å². The summed E-state index contributed by atoms with van der Waals surface area (Å²) in [6.07, 6.45) is 6.31. The van der Waals surface area contributed by atoms with Crippen LogP contribution >= 0.6 is 0 Å². The van der Waals surface area contributed by atoms with Crippen molar-refractivity contribution >= 4 is 5.69 Å². The molecule has 1 aromatic rings. The molecule has 0 unspecified atom stereocenters. The van der Waals surface area contributed by atoms with Gasteiger partial charge in [0.05, 0.1) is 12.3 Å². The van der Waals surface area contributed by atoms with Crippen LogP contribution < -0.4 is 10.5 Å². The average molecular weight is 237 g/mol. The van der Waals surface area contributed by atoms with Crippen LogP contribution in [0.4, 0.5) is 5.69 Å². The number of hydrogen-bond donors (Lipinski definition) is 1. The Kier molecular flexibility index (Phi) is 3.92. The normalized spacial score (nSPS) is 15.9. The predicted octanol–water partition coefficient (Wildman–Crippen LogP) is 2.75. The number of nitrogens with zero attached hydrogens (tertiary/aromatic N) is 2. The summed E-state index contributed by atoms with van der Waals surface area (Å²) in [5, 5.41) is 4.40. The Morgan fingerprint density at radius 1 is 1.47 bits per heavy atom. The molecule has 0 aromatic carbocycles. The molecule has 96 valence electrons. The van der Waals surface area contributed by atoms with Crippen LogP contribution in [0.1, 0.15) is 44.7 Å². The zero-order chi connectivity index (χ0) is 12.3. The molecule has 0 spiro atoms. The van der Waals surface area contributed by atoms with Crippen LogP contribution in [0.3, 0.4) is 0 Å². The summed E-state index contributed by atoms with van der Waals surface area (Å²) in [6, 6.07) is 0. The monoisotopic (exact) mass is 237 g/mol. The highest BCUT2D eigenvalue weighted by molar-refractivity contribution is 5.52. The van der Waals surface area contributed by atoms with Crippen LogP contribution in [0.5, 0.6) is 5.88 Å². The molecule has 0 amide bonds. The lowest BCUT2D eigenvalue weighted by molar-refractivity contribution is 0.210. The number of anilines is 1. The number of rotatable bonds is 6. The third-order valence-corrected chi connectivity index (χ3v) is 3.55. The largest absolute Gasteiger partial charge is 0.476 e. The summed E-state index contributed by atoms with van der Waals surface area (Å²) >= 11 is 0. The van der Waals surface area contributed by atoms with Gasteiger partial charge in [0.1, 0.15) is 5.69 Å². The highest BCUT2D eigenvalue weighted by Gasteiger charge is 2.18. The first-order valence-electron chi connectivity index (χ1n) is 6.68. The maximum absolute atomic E-state index is 5.99. The van der Waals surface area contributed by atoms with Crippen molar-refractivity contribution in [2.75, 3.05) is 12.3 Å². The Morgan fingerprint density at radius 3 is 2.82 bits per heavy atom. The molecule has 4 nitrogen and oxygen atoms in total. The zero-order valence-electron chi connectivity index (χ0n) is 10.9. The molecule has 0 radical (unpaired) electrons. The number of aryl methyl sites for hydroxylation is 2. The molecule has 1 fully saturated rings. The molecule has 0 bridgehead atoms. The molecule has 0 saturated heterocycles. The van der Waals surface area contributed by atoms with Crippen molar-refractivity contribution in [1.82, 2.24) is 9.78 Å². The van der Waals surface area contributed by atoms with E-state index in [0.717, 1.165) is 43.5 Å². The lowest BCUT2D eigenvalue weighted by Gasteiger charge is -2.25. The maximum atomic E-state index is 5.99. The fraction of sp³-hybridized carbons (Fsp3) is 0.769. The van der Waals surface area contributed by atoms with Crippen molar-refractivity contribution in [1.29, 1.82) is 0 Å². The number of nitrogen functional groups attached to an aromatic ring is 1. The van der Waals surface area contributed by atoms with Gasteiger partial charge in [-0.3, -0.25) is 0 Å². The summed E-state index contributed by atoms with van der Waals surface area (Å²) in [6.45, 7) is 5.70. The molecule has 17 heavy (non-hydrogen) atoms. The first-order valence-corrected chi connectivity index (χ1v) is 6.68. The summed E-state index contributed by atoms with van der Waals surface area (Å²) in [5.41, 5.74) is 7.56. The van der Waals surface area contributed by atoms with Gasteiger partial charge in [-0.05, 0) is 25.7 Å². The van der Waals surface area contributed by atoms with E-state index in [1.54, 1.807) is 0 Å². The van der Waals surface area contributed by atoms with Gasteiger partial charge in [-0.2, -0.15) is 5.10 Å². The second-order valence-corrected chi connectivity index (χ2v) is 4.96. The van der Waals surface area contributed by atoms with Crippen molar-refractivity contribution in [3.05, 3.63) is 5.69 Å². The van der Waals surface area contributed by atoms with Crippen molar-refractivity contribution in [2.24, 2.45) is 5.92 Å². The second kappa shape index (κ2) is 5.43. The Hall–Kier alpha value is -1.19. The topological polar surface area (TPSA) is 53.1 Å². The number of aromatic nitrogens is 2. The van der Waals surface area contributed by atoms with Gasteiger partial charge in [-0.25, -0.2) is 4.68 Å². The number of ether oxygens (including phenoxy) is 1. The van der Waals surface area contributed by atoms with Gasteiger partial charge in [-0.15, -0.1) is 0 Å². The van der Waals surface area contributed by atoms with Crippen LogP contribution in [0, 0.1) is 12.8 Å². The minimum absolute atomic E-state index is 0.701. The Bertz CT molecular complexity index is 369. The van der Waals surface area contributed by atoms with E-state index >= 15 is 0 Å².